The van der Waals surface area contributed by atoms with Crippen molar-refractivity contribution in [3.05, 3.63) is 58.9 Å². The lowest BCUT2D eigenvalue weighted by molar-refractivity contribution is -0.122. The SMILES string of the molecule is COc1ccc(-c2n[nH]c(=S)n2CC(=O)Nc2cccc(CN3CCCC3C(N)=O)c2)cc1. The summed E-state index contributed by atoms with van der Waals surface area (Å²) in [6.45, 7) is 1.44. The molecule has 1 saturated heterocycles. The Labute approximate surface area is 196 Å². The highest BCUT2D eigenvalue weighted by Crippen LogP contribution is 2.23. The number of anilines is 1. The second-order valence-corrected chi connectivity index (χ2v) is 8.33. The normalized spacial score (nSPS) is 16.0. The van der Waals surface area contributed by atoms with E-state index in [1.165, 1.54) is 0 Å². The van der Waals surface area contributed by atoms with Crippen LogP contribution >= 0.6 is 12.2 Å². The molecule has 0 radical (unpaired) electrons. The van der Waals surface area contributed by atoms with Gasteiger partial charge in [-0.15, -0.1) is 0 Å². The van der Waals surface area contributed by atoms with Gasteiger partial charge in [0.05, 0.1) is 13.2 Å². The maximum Gasteiger partial charge on any atom is 0.244 e. The summed E-state index contributed by atoms with van der Waals surface area (Å²) in [6.07, 6.45) is 1.74. The molecule has 4 rings (SSSR count). The number of ether oxygens (including phenoxy) is 1. The average molecular weight is 467 g/mol. The Kier molecular flexibility index (Phi) is 6.85. The van der Waals surface area contributed by atoms with E-state index in [4.69, 9.17) is 22.7 Å². The number of nitrogens with zero attached hydrogens (tertiary/aromatic N) is 3. The summed E-state index contributed by atoms with van der Waals surface area (Å²) in [6, 6.07) is 14.7. The molecule has 3 aromatic rings. The van der Waals surface area contributed by atoms with Crippen molar-refractivity contribution in [3.8, 4) is 17.1 Å². The second-order valence-electron chi connectivity index (χ2n) is 7.95. The molecule has 4 N–H and O–H groups in total. The number of amides is 2. The number of hydrogen-bond donors (Lipinski definition) is 3. The highest BCUT2D eigenvalue weighted by Gasteiger charge is 2.28. The van der Waals surface area contributed by atoms with Crippen LogP contribution in [0, 0.1) is 4.77 Å². The molecule has 1 aliphatic rings. The van der Waals surface area contributed by atoms with Crippen LogP contribution in [0.25, 0.3) is 11.4 Å². The Morgan fingerprint density at radius 2 is 2.06 bits per heavy atom. The molecule has 1 aliphatic heterocycles. The van der Waals surface area contributed by atoms with Crippen LogP contribution < -0.4 is 15.8 Å². The molecule has 9 nitrogen and oxygen atoms in total. The maximum absolute atomic E-state index is 12.8. The van der Waals surface area contributed by atoms with Gasteiger partial charge in [-0.2, -0.15) is 5.10 Å². The third-order valence-corrected chi connectivity index (χ3v) is 6.01. The molecule has 0 aliphatic carbocycles. The fourth-order valence-electron chi connectivity index (χ4n) is 4.09. The van der Waals surface area contributed by atoms with Crippen molar-refractivity contribution in [2.45, 2.75) is 32.0 Å². The van der Waals surface area contributed by atoms with Crippen molar-refractivity contribution < 1.29 is 14.3 Å². The molecule has 0 bridgehead atoms. The van der Waals surface area contributed by atoms with Crippen LogP contribution in [0.15, 0.2) is 48.5 Å². The standard InChI is InChI=1S/C23H26N6O3S/c1-32-18-9-7-16(8-10-18)22-26-27-23(33)29(22)14-20(30)25-17-5-2-4-15(12-17)13-28-11-3-6-19(28)21(24)31/h2,4-5,7-10,12,19H,3,6,11,13-14H2,1H3,(H2,24,31)(H,25,30)(H,27,33). The Morgan fingerprint density at radius 3 is 2.79 bits per heavy atom. The van der Waals surface area contributed by atoms with E-state index < -0.39 is 0 Å². The topological polar surface area (TPSA) is 118 Å². The minimum absolute atomic E-state index is 0.0107. The first-order valence-electron chi connectivity index (χ1n) is 10.7. The number of primary amides is 1. The van der Waals surface area contributed by atoms with Crippen LogP contribution in [0.4, 0.5) is 5.69 Å². The van der Waals surface area contributed by atoms with E-state index in [0.717, 1.165) is 36.3 Å². The number of benzene rings is 2. The van der Waals surface area contributed by atoms with Gasteiger partial charge >= 0.3 is 0 Å². The highest BCUT2D eigenvalue weighted by atomic mass is 32.1. The molecule has 0 saturated carbocycles. The summed E-state index contributed by atoms with van der Waals surface area (Å²) in [5.74, 6) is 0.781. The molecule has 2 aromatic carbocycles. The van der Waals surface area contributed by atoms with Crippen molar-refractivity contribution in [2.24, 2.45) is 5.73 Å². The quantitative estimate of drug-likeness (QED) is 0.439. The number of likely N-dealkylation sites (tertiary alicyclic amines) is 1. The number of carbonyl (C=O) groups excluding carboxylic acids is 2. The summed E-state index contributed by atoms with van der Waals surface area (Å²) in [5.41, 5.74) is 8.01. The van der Waals surface area contributed by atoms with Crippen molar-refractivity contribution in [1.82, 2.24) is 19.7 Å². The summed E-state index contributed by atoms with van der Waals surface area (Å²) in [7, 11) is 1.60. The van der Waals surface area contributed by atoms with E-state index in [1.807, 2.05) is 48.5 Å². The maximum atomic E-state index is 12.8. The Hall–Kier alpha value is -3.50. The minimum atomic E-state index is -0.290. The number of rotatable bonds is 8. The number of nitrogens with two attached hydrogens (primary N) is 1. The fourth-order valence-corrected chi connectivity index (χ4v) is 4.29. The van der Waals surface area contributed by atoms with Gasteiger partial charge < -0.3 is 15.8 Å². The van der Waals surface area contributed by atoms with Crippen molar-refractivity contribution in [2.75, 3.05) is 19.0 Å². The van der Waals surface area contributed by atoms with Gasteiger partial charge in [0.15, 0.2) is 10.6 Å². The molecule has 1 atom stereocenters. The summed E-state index contributed by atoms with van der Waals surface area (Å²) < 4.78 is 7.20. The van der Waals surface area contributed by atoms with Crippen molar-refractivity contribution in [3.63, 3.8) is 0 Å². The van der Waals surface area contributed by atoms with Gasteiger partial charge in [0.2, 0.25) is 11.8 Å². The minimum Gasteiger partial charge on any atom is -0.497 e. The van der Waals surface area contributed by atoms with E-state index in [2.05, 4.69) is 20.4 Å². The number of methoxy groups -OCH3 is 1. The molecular weight excluding hydrogens is 440 g/mol. The highest BCUT2D eigenvalue weighted by molar-refractivity contribution is 7.71. The van der Waals surface area contributed by atoms with Gasteiger partial charge in [-0.05, 0) is 73.6 Å². The van der Waals surface area contributed by atoms with E-state index in [0.29, 0.717) is 22.8 Å². The third-order valence-electron chi connectivity index (χ3n) is 5.70. The van der Waals surface area contributed by atoms with Gasteiger partial charge in [-0.25, -0.2) is 0 Å². The first-order chi connectivity index (χ1) is 15.9. The zero-order chi connectivity index (χ0) is 23.4. The summed E-state index contributed by atoms with van der Waals surface area (Å²) >= 11 is 5.33. The summed E-state index contributed by atoms with van der Waals surface area (Å²) in [4.78, 5) is 26.5. The van der Waals surface area contributed by atoms with Gasteiger partial charge in [0.25, 0.3) is 0 Å². The molecule has 172 valence electrons. The zero-order valence-corrected chi connectivity index (χ0v) is 19.1. The van der Waals surface area contributed by atoms with E-state index in [-0.39, 0.29) is 24.4 Å². The van der Waals surface area contributed by atoms with E-state index in [9.17, 15) is 9.59 Å². The smallest absolute Gasteiger partial charge is 0.244 e. The molecule has 2 heterocycles. The lowest BCUT2D eigenvalue weighted by Gasteiger charge is -2.22. The van der Waals surface area contributed by atoms with Crippen LogP contribution in [0.1, 0.15) is 18.4 Å². The van der Waals surface area contributed by atoms with Gasteiger partial charge in [0.1, 0.15) is 12.3 Å². The molecule has 1 unspecified atom stereocenters. The number of aromatic amines is 1. The van der Waals surface area contributed by atoms with E-state index in [1.54, 1.807) is 11.7 Å². The molecule has 0 spiro atoms. The molecule has 10 heteroatoms. The largest absolute Gasteiger partial charge is 0.497 e. The molecular formula is C23H26N6O3S. The number of hydrogen-bond acceptors (Lipinski definition) is 6. The zero-order valence-electron chi connectivity index (χ0n) is 18.3. The molecule has 1 aromatic heterocycles. The summed E-state index contributed by atoms with van der Waals surface area (Å²) in [5, 5.41) is 9.96. The van der Waals surface area contributed by atoms with Crippen LogP contribution in [0.5, 0.6) is 5.75 Å². The first kappa shape index (κ1) is 22.7. The second kappa shape index (κ2) is 9.97. The molecule has 2 amide bonds. The van der Waals surface area contributed by atoms with Crippen LogP contribution in [0.2, 0.25) is 0 Å². The lowest BCUT2D eigenvalue weighted by atomic mass is 10.1. The predicted octanol–water partition coefficient (Wildman–Crippen LogP) is 2.70. The van der Waals surface area contributed by atoms with E-state index >= 15 is 0 Å². The number of nitrogens with one attached hydrogen (secondary N) is 2. The Morgan fingerprint density at radius 1 is 1.27 bits per heavy atom. The van der Waals surface area contributed by atoms with Crippen LogP contribution in [-0.2, 0) is 22.7 Å². The fraction of sp³-hybridized carbons (Fsp3) is 0.304. The third kappa shape index (κ3) is 5.29. The van der Waals surface area contributed by atoms with Crippen molar-refractivity contribution in [1.29, 1.82) is 0 Å². The van der Waals surface area contributed by atoms with Gasteiger partial charge in [0, 0.05) is 17.8 Å². The predicted molar refractivity (Wildman–Crippen MR) is 127 cm³/mol. The number of H-pyrrole nitrogens is 1. The van der Waals surface area contributed by atoms with Crippen molar-refractivity contribution >= 4 is 29.7 Å². The number of carbonyl (C=O) groups is 2. The van der Waals surface area contributed by atoms with Gasteiger partial charge in [-0.1, -0.05) is 12.1 Å². The molecule has 1 fully saturated rings. The first-order valence-corrected chi connectivity index (χ1v) is 11.1. The Balaban J connectivity index is 1.44. The van der Waals surface area contributed by atoms with Crippen LogP contribution in [0.3, 0.4) is 0 Å². The average Bonchev–Trinajstić information content (AvgIpc) is 3.41. The van der Waals surface area contributed by atoms with Gasteiger partial charge in [-0.3, -0.25) is 24.2 Å². The lowest BCUT2D eigenvalue weighted by Crippen LogP contribution is -2.39. The Bertz CT molecular complexity index is 1200. The molecule has 33 heavy (non-hydrogen) atoms. The van der Waals surface area contributed by atoms with Crippen LogP contribution in [-0.4, -0.2) is 51.2 Å². The number of aromatic nitrogens is 3. The monoisotopic (exact) mass is 466 g/mol.